The van der Waals surface area contributed by atoms with E-state index in [1.54, 1.807) is 12.4 Å². The minimum absolute atomic E-state index is 0.0430. The van der Waals surface area contributed by atoms with Gasteiger partial charge in [0.1, 0.15) is 11.6 Å². The summed E-state index contributed by atoms with van der Waals surface area (Å²) in [5.41, 5.74) is 0.530. The summed E-state index contributed by atoms with van der Waals surface area (Å²) >= 11 is 0. The maximum atomic E-state index is 13.0. The number of carbonyl (C=O) groups excluding carboxylic acids is 1. The molecule has 120 valence electrons. The summed E-state index contributed by atoms with van der Waals surface area (Å²) < 4.78 is 18.7. The molecule has 1 saturated heterocycles. The number of amides is 1. The Labute approximate surface area is 134 Å². The van der Waals surface area contributed by atoms with Crippen LogP contribution in [0.15, 0.2) is 48.8 Å². The van der Waals surface area contributed by atoms with Crippen LogP contribution in [0, 0.1) is 11.7 Å². The fourth-order valence-corrected chi connectivity index (χ4v) is 2.81. The van der Waals surface area contributed by atoms with E-state index in [1.165, 1.54) is 24.3 Å². The van der Waals surface area contributed by atoms with E-state index in [0.29, 0.717) is 24.6 Å². The number of hydrogen-bond donors (Lipinski definition) is 0. The van der Waals surface area contributed by atoms with Crippen LogP contribution in [0.1, 0.15) is 23.2 Å². The third kappa shape index (κ3) is 4.06. The molecule has 0 bridgehead atoms. The normalized spacial score (nSPS) is 17.8. The molecule has 1 aliphatic heterocycles. The molecule has 0 spiro atoms. The molecule has 1 aliphatic rings. The summed E-state index contributed by atoms with van der Waals surface area (Å²) in [6, 6.07) is 9.36. The lowest BCUT2D eigenvalue weighted by molar-refractivity contribution is 0.0633. The number of piperidine rings is 1. The highest BCUT2D eigenvalue weighted by molar-refractivity contribution is 5.94. The SMILES string of the molecule is O=C(c1ccc(F)cc1)N1CCCC(COc2ccncc2)C1. The molecule has 0 N–H and O–H groups in total. The third-order valence-electron chi connectivity index (χ3n) is 4.03. The van der Waals surface area contributed by atoms with Crippen LogP contribution in [0.5, 0.6) is 5.75 Å². The largest absolute Gasteiger partial charge is 0.493 e. The van der Waals surface area contributed by atoms with Crippen molar-refractivity contribution in [3.8, 4) is 5.75 Å². The van der Waals surface area contributed by atoms with Gasteiger partial charge in [-0.15, -0.1) is 0 Å². The minimum atomic E-state index is -0.330. The number of pyridine rings is 1. The summed E-state index contributed by atoms with van der Waals surface area (Å²) in [5, 5.41) is 0. The predicted octanol–water partition coefficient (Wildman–Crippen LogP) is 3.15. The van der Waals surface area contributed by atoms with Crippen molar-refractivity contribution in [3.05, 3.63) is 60.2 Å². The molecule has 23 heavy (non-hydrogen) atoms. The average molecular weight is 314 g/mol. The zero-order valence-electron chi connectivity index (χ0n) is 12.8. The zero-order valence-corrected chi connectivity index (χ0v) is 12.8. The Bertz CT molecular complexity index is 646. The zero-order chi connectivity index (χ0) is 16.1. The first-order valence-corrected chi connectivity index (χ1v) is 7.80. The van der Waals surface area contributed by atoms with Gasteiger partial charge in [-0.2, -0.15) is 0 Å². The molecular formula is C18H19FN2O2. The molecule has 3 rings (SSSR count). The first-order valence-electron chi connectivity index (χ1n) is 7.80. The molecule has 0 aliphatic carbocycles. The lowest BCUT2D eigenvalue weighted by Crippen LogP contribution is -2.41. The van der Waals surface area contributed by atoms with E-state index in [2.05, 4.69) is 4.98 Å². The van der Waals surface area contributed by atoms with E-state index in [9.17, 15) is 9.18 Å². The molecule has 2 heterocycles. The summed E-state index contributed by atoms with van der Waals surface area (Å²) in [5.74, 6) is 0.728. The van der Waals surface area contributed by atoms with E-state index in [-0.39, 0.29) is 11.7 Å². The fraction of sp³-hybridized carbons (Fsp3) is 0.333. The van der Waals surface area contributed by atoms with Crippen molar-refractivity contribution in [3.63, 3.8) is 0 Å². The fourth-order valence-electron chi connectivity index (χ4n) is 2.81. The molecule has 1 aromatic carbocycles. The Kier molecular flexibility index (Phi) is 4.86. The van der Waals surface area contributed by atoms with Gasteiger partial charge in [-0.25, -0.2) is 4.39 Å². The maximum Gasteiger partial charge on any atom is 0.253 e. The highest BCUT2D eigenvalue weighted by Gasteiger charge is 2.25. The molecular weight excluding hydrogens is 295 g/mol. The summed E-state index contributed by atoms with van der Waals surface area (Å²) in [4.78, 5) is 18.3. The standard InChI is InChI=1S/C18H19FN2O2/c19-16-5-3-15(4-6-16)18(22)21-11-1-2-14(12-21)13-23-17-7-9-20-10-8-17/h3-10,14H,1-2,11-13H2. The van der Waals surface area contributed by atoms with Crippen molar-refractivity contribution in [2.45, 2.75) is 12.8 Å². The third-order valence-corrected chi connectivity index (χ3v) is 4.03. The number of carbonyl (C=O) groups is 1. The van der Waals surface area contributed by atoms with Crippen LogP contribution in [-0.4, -0.2) is 35.5 Å². The molecule has 0 saturated carbocycles. The molecule has 4 nitrogen and oxygen atoms in total. The average Bonchev–Trinajstić information content (AvgIpc) is 2.61. The summed E-state index contributed by atoms with van der Waals surface area (Å²) in [7, 11) is 0. The molecule has 1 fully saturated rings. The van der Waals surface area contributed by atoms with Crippen LogP contribution >= 0.6 is 0 Å². The van der Waals surface area contributed by atoms with Crippen molar-refractivity contribution in [1.82, 2.24) is 9.88 Å². The van der Waals surface area contributed by atoms with Gasteiger partial charge in [0, 0.05) is 37.0 Å². The number of rotatable bonds is 4. The van der Waals surface area contributed by atoms with Gasteiger partial charge in [0.05, 0.1) is 6.61 Å². The molecule has 0 radical (unpaired) electrons. The number of halogens is 1. The van der Waals surface area contributed by atoms with Crippen molar-refractivity contribution in [2.24, 2.45) is 5.92 Å². The summed E-state index contributed by atoms with van der Waals surface area (Å²) in [6.45, 7) is 1.99. The van der Waals surface area contributed by atoms with Gasteiger partial charge in [-0.05, 0) is 49.2 Å². The first kappa shape index (κ1) is 15.5. The van der Waals surface area contributed by atoms with E-state index in [4.69, 9.17) is 4.74 Å². The number of nitrogens with zero attached hydrogens (tertiary/aromatic N) is 2. The lowest BCUT2D eigenvalue weighted by Gasteiger charge is -2.32. The van der Waals surface area contributed by atoms with Crippen LogP contribution in [0.25, 0.3) is 0 Å². The van der Waals surface area contributed by atoms with Gasteiger partial charge in [0.15, 0.2) is 0 Å². The number of ether oxygens (including phenoxy) is 1. The minimum Gasteiger partial charge on any atom is -0.493 e. The van der Waals surface area contributed by atoms with Crippen LogP contribution in [-0.2, 0) is 0 Å². The van der Waals surface area contributed by atoms with Gasteiger partial charge in [0.25, 0.3) is 5.91 Å². The first-order chi connectivity index (χ1) is 11.2. The Morgan fingerprint density at radius 3 is 2.70 bits per heavy atom. The molecule has 1 amide bonds. The molecule has 1 aromatic heterocycles. The number of hydrogen-bond acceptors (Lipinski definition) is 3. The second-order valence-corrected chi connectivity index (χ2v) is 5.76. The van der Waals surface area contributed by atoms with Gasteiger partial charge in [0.2, 0.25) is 0 Å². The number of likely N-dealkylation sites (tertiary alicyclic amines) is 1. The Morgan fingerprint density at radius 1 is 1.22 bits per heavy atom. The van der Waals surface area contributed by atoms with E-state index < -0.39 is 0 Å². The lowest BCUT2D eigenvalue weighted by atomic mass is 9.98. The Hall–Kier alpha value is -2.43. The van der Waals surface area contributed by atoms with Crippen molar-refractivity contribution in [1.29, 1.82) is 0 Å². The molecule has 1 unspecified atom stereocenters. The predicted molar refractivity (Wildman–Crippen MR) is 84.8 cm³/mol. The van der Waals surface area contributed by atoms with Crippen LogP contribution in [0.4, 0.5) is 4.39 Å². The van der Waals surface area contributed by atoms with Crippen LogP contribution in [0.3, 0.4) is 0 Å². The van der Waals surface area contributed by atoms with Crippen molar-refractivity contribution in [2.75, 3.05) is 19.7 Å². The second-order valence-electron chi connectivity index (χ2n) is 5.76. The van der Waals surface area contributed by atoms with Crippen LogP contribution in [0.2, 0.25) is 0 Å². The number of aromatic nitrogens is 1. The molecule has 5 heteroatoms. The highest BCUT2D eigenvalue weighted by atomic mass is 19.1. The highest BCUT2D eigenvalue weighted by Crippen LogP contribution is 2.20. The smallest absolute Gasteiger partial charge is 0.253 e. The maximum absolute atomic E-state index is 13.0. The topological polar surface area (TPSA) is 42.4 Å². The quantitative estimate of drug-likeness (QED) is 0.870. The summed E-state index contributed by atoms with van der Waals surface area (Å²) in [6.07, 6.45) is 5.39. The van der Waals surface area contributed by atoms with Crippen molar-refractivity contribution >= 4 is 5.91 Å². The van der Waals surface area contributed by atoms with Gasteiger partial charge in [-0.1, -0.05) is 0 Å². The van der Waals surface area contributed by atoms with E-state index in [1.807, 2.05) is 17.0 Å². The molecule has 1 atom stereocenters. The van der Waals surface area contributed by atoms with Gasteiger partial charge >= 0.3 is 0 Å². The number of benzene rings is 1. The Balaban J connectivity index is 1.57. The second kappa shape index (κ2) is 7.22. The van der Waals surface area contributed by atoms with E-state index in [0.717, 1.165) is 25.1 Å². The molecule has 2 aromatic rings. The van der Waals surface area contributed by atoms with Crippen molar-refractivity contribution < 1.29 is 13.9 Å². The monoisotopic (exact) mass is 314 g/mol. The van der Waals surface area contributed by atoms with Gasteiger partial charge < -0.3 is 9.64 Å². The van der Waals surface area contributed by atoms with Gasteiger partial charge in [-0.3, -0.25) is 9.78 Å². The Morgan fingerprint density at radius 2 is 1.96 bits per heavy atom. The van der Waals surface area contributed by atoms with Crippen LogP contribution < -0.4 is 4.74 Å². The van der Waals surface area contributed by atoms with E-state index >= 15 is 0 Å².